The smallest absolute Gasteiger partial charge is 0.223 e. The molecule has 1 aromatic rings. The summed E-state index contributed by atoms with van der Waals surface area (Å²) in [4.78, 5) is 12.6. The molecule has 2 nitrogen and oxygen atoms in total. The monoisotopic (exact) mass is 229 g/mol. The molecular weight excluding hydrogens is 218 g/mol. The Morgan fingerprint density at radius 3 is 2.79 bits per heavy atom. The summed E-state index contributed by atoms with van der Waals surface area (Å²) in [6.45, 7) is 4.79. The molecule has 76 valence electrons. The maximum atomic E-state index is 11.4. The predicted octanol–water partition coefficient (Wildman–Crippen LogP) is 2.43. The van der Waals surface area contributed by atoms with Gasteiger partial charge in [0.05, 0.1) is 4.34 Å². The molecule has 1 N–H and O–H groups in total. The number of hydrogen-bond donors (Lipinski definition) is 1. The first-order valence-electron chi connectivity index (χ1n) is 4.57. The van der Waals surface area contributed by atoms with Gasteiger partial charge in [0, 0.05) is 22.8 Å². The molecule has 0 aromatic carbocycles. The molecule has 4 heteroatoms. The van der Waals surface area contributed by atoms with Crippen LogP contribution in [0, 0.1) is 5.92 Å². The number of hydrogen-bond acceptors (Lipinski definition) is 2. The first-order valence-corrected chi connectivity index (χ1v) is 5.77. The van der Waals surface area contributed by atoms with Crippen molar-refractivity contribution in [1.82, 2.24) is 5.32 Å². The third kappa shape index (κ3) is 1.35. The minimum Gasteiger partial charge on any atom is -0.355 e. The minimum atomic E-state index is -0.0884. The third-order valence-corrected chi connectivity index (χ3v) is 4.63. The fourth-order valence-corrected chi connectivity index (χ4v) is 3.06. The van der Waals surface area contributed by atoms with Crippen LogP contribution in [0.2, 0.25) is 4.34 Å². The number of carbonyl (C=O) groups is 1. The number of amides is 1. The normalized spacial score (nSPS) is 31.9. The molecule has 14 heavy (non-hydrogen) atoms. The van der Waals surface area contributed by atoms with E-state index in [9.17, 15) is 4.79 Å². The first kappa shape index (κ1) is 9.99. The largest absolute Gasteiger partial charge is 0.355 e. The summed E-state index contributed by atoms with van der Waals surface area (Å²) in [5.41, 5.74) is -0.0884. The van der Waals surface area contributed by atoms with Crippen molar-refractivity contribution >= 4 is 28.8 Å². The van der Waals surface area contributed by atoms with E-state index in [0.29, 0.717) is 6.54 Å². The van der Waals surface area contributed by atoms with Gasteiger partial charge in [-0.05, 0) is 12.1 Å². The fraction of sp³-hybridized carbons (Fsp3) is 0.500. The van der Waals surface area contributed by atoms with Crippen LogP contribution < -0.4 is 5.32 Å². The number of nitrogens with one attached hydrogen (secondary N) is 1. The van der Waals surface area contributed by atoms with E-state index in [2.05, 4.69) is 12.2 Å². The van der Waals surface area contributed by atoms with Gasteiger partial charge in [-0.25, -0.2) is 0 Å². The highest BCUT2D eigenvalue weighted by Crippen LogP contribution is 2.40. The quantitative estimate of drug-likeness (QED) is 0.788. The van der Waals surface area contributed by atoms with Crippen LogP contribution in [-0.4, -0.2) is 12.5 Å². The first-order chi connectivity index (χ1) is 6.54. The molecule has 0 radical (unpaired) electrons. The van der Waals surface area contributed by atoms with Crippen molar-refractivity contribution in [2.75, 3.05) is 6.54 Å². The van der Waals surface area contributed by atoms with Gasteiger partial charge in [-0.1, -0.05) is 25.4 Å². The second-order valence-corrected chi connectivity index (χ2v) is 5.68. The topological polar surface area (TPSA) is 29.1 Å². The van der Waals surface area contributed by atoms with Gasteiger partial charge in [0.15, 0.2) is 0 Å². The highest BCUT2D eigenvalue weighted by Gasteiger charge is 2.43. The zero-order valence-electron chi connectivity index (χ0n) is 8.13. The lowest BCUT2D eigenvalue weighted by Gasteiger charge is -2.24. The zero-order chi connectivity index (χ0) is 10.3. The molecule has 0 bridgehead atoms. The summed E-state index contributed by atoms with van der Waals surface area (Å²) in [6, 6.07) is 3.91. The lowest BCUT2D eigenvalue weighted by atomic mass is 9.79. The standard InChI is InChI=1S/C10H12ClNOS/c1-6-9(13)12-5-10(6,2)7-3-4-8(11)14-7/h3-4,6H,5H2,1-2H3,(H,12,13). The van der Waals surface area contributed by atoms with Crippen molar-refractivity contribution in [3.63, 3.8) is 0 Å². The van der Waals surface area contributed by atoms with Gasteiger partial charge < -0.3 is 5.32 Å². The van der Waals surface area contributed by atoms with E-state index < -0.39 is 0 Å². The summed E-state index contributed by atoms with van der Waals surface area (Å²) < 4.78 is 0.785. The van der Waals surface area contributed by atoms with Gasteiger partial charge in [-0.2, -0.15) is 0 Å². The third-order valence-electron chi connectivity index (χ3n) is 3.11. The highest BCUT2D eigenvalue weighted by molar-refractivity contribution is 7.16. The highest BCUT2D eigenvalue weighted by atomic mass is 35.5. The molecule has 1 amide bonds. The Kier molecular flexibility index (Phi) is 2.32. The van der Waals surface area contributed by atoms with Gasteiger partial charge >= 0.3 is 0 Å². The van der Waals surface area contributed by atoms with E-state index in [1.807, 2.05) is 19.1 Å². The molecule has 2 rings (SSSR count). The van der Waals surface area contributed by atoms with E-state index >= 15 is 0 Å². The molecule has 1 aliphatic heterocycles. The lowest BCUT2D eigenvalue weighted by molar-refractivity contribution is -0.122. The van der Waals surface area contributed by atoms with Crippen molar-refractivity contribution < 1.29 is 4.79 Å². The average molecular weight is 230 g/mol. The Hall–Kier alpha value is -0.540. The average Bonchev–Trinajstić information content (AvgIpc) is 2.68. The van der Waals surface area contributed by atoms with Crippen LogP contribution in [0.25, 0.3) is 0 Å². The van der Waals surface area contributed by atoms with Crippen molar-refractivity contribution in [3.8, 4) is 0 Å². The molecule has 1 aliphatic rings. The summed E-state index contributed by atoms with van der Waals surface area (Å²) in [5.74, 6) is 0.161. The van der Waals surface area contributed by atoms with Gasteiger partial charge in [0.25, 0.3) is 0 Å². The van der Waals surface area contributed by atoms with Crippen LogP contribution >= 0.6 is 22.9 Å². The predicted molar refractivity (Wildman–Crippen MR) is 58.9 cm³/mol. The van der Waals surface area contributed by atoms with Gasteiger partial charge in [-0.15, -0.1) is 11.3 Å². The zero-order valence-corrected chi connectivity index (χ0v) is 9.71. The minimum absolute atomic E-state index is 0.0252. The Labute approximate surface area is 92.3 Å². The molecule has 2 atom stereocenters. The van der Waals surface area contributed by atoms with Gasteiger partial charge in [-0.3, -0.25) is 4.79 Å². The Balaban J connectivity index is 2.38. The Bertz CT molecular complexity index is 376. The van der Waals surface area contributed by atoms with Crippen LogP contribution in [0.4, 0.5) is 0 Å². The van der Waals surface area contributed by atoms with Gasteiger partial charge in [0.1, 0.15) is 0 Å². The lowest BCUT2D eigenvalue weighted by Crippen LogP contribution is -2.29. The van der Waals surface area contributed by atoms with Crippen molar-refractivity contribution in [2.45, 2.75) is 19.3 Å². The maximum Gasteiger partial charge on any atom is 0.223 e. The summed E-state index contributed by atoms with van der Waals surface area (Å²) in [6.07, 6.45) is 0. The molecule has 0 saturated carbocycles. The van der Waals surface area contributed by atoms with E-state index in [0.717, 1.165) is 4.34 Å². The number of rotatable bonds is 1. The SMILES string of the molecule is CC1C(=O)NCC1(C)c1ccc(Cl)s1. The number of carbonyl (C=O) groups excluding carboxylic acids is 1. The number of thiophene rings is 1. The fourth-order valence-electron chi connectivity index (χ4n) is 1.79. The van der Waals surface area contributed by atoms with Crippen LogP contribution in [0.3, 0.4) is 0 Å². The van der Waals surface area contributed by atoms with E-state index in [-0.39, 0.29) is 17.2 Å². The van der Waals surface area contributed by atoms with Crippen molar-refractivity contribution in [2.24, 2.45) is 5.92 Å². The molecular formula is C10H12ClNOS. The second-order valence-electron chi connectivity index (χ2n) is 3.96. The number of halogens is 1. The summed E-state index contributed by atoms with van der Waals surface area (Å²) in [5, 5.41) is 2.89. The van der Waals surface area contributed by atoms with Crippen LogP contribution in [0.15, 0.2) is 12.1 Å². The molecule has 2 unspecified atom stereocenters. The van der Waals surface area contributed by atoms with Crippen molar-refractivity contribution in [1.29, 1.82) is 0 Å². The van der Waals surface area contributed by atoms with Crippen LogP contribution in [0.1, 0.15) is 18.7 Å². The molecule has 1 aromatic heterocycles. The summed E-state index contributed by atoms with van der Waals surface area (Å²) in [7, 11) is 0. The Morgan fingerprint density at radius 1 is 1.64 bits per heavy atom. The van der Waals surface area contributed by atoms with E-state index in [1.165, 1.54) is 4.88 Å². The van der Waals surface area contributed by atoms with Crippen molar-refractivity contribution in [3.05, 3.63) is 21.3 Å². The second kappa shape index (κ2) is 3.24. The van der Waals surface area contributed by atoms with Crippen LogP contribution in [-0.2, 0) is 10.2 Å². The van der Waals surface area contributed by atoms with Crippen LogP contribution in [0.5, 0.6) is 0 Å². The van der Waals surface area contributed by atoms with E-state index in [4.69, 9.17) is 11.6 Å². The molecule has 2 heterocycles. The van der Waals surface area contributed by atoms with Gasteiger partial charge in [0.2, 0.25) is 5.91 Å². The molecule has 1 saturated heterocycles. The Morgan fingerprint density at radius 2 is 2.36 bits per heavy atom. The summed E-state index contributed by atoms with van der Waals surface area (Å²) >= 11 is 7.46. The molecule has 1 fully saturated rings. The molecule has 0 spiro atoms. The molecule has 0 aliphatic carbocycles. The maximum absolute atomic E-state index is 11.4. The van der Waals surface area contributed by atoms with E-state index in [1.54, 1.807) is 11.3 Å².